The van der Waals surface area contributed by atoms with Crippen LogP contribution in [0.15, 0.2) is 29.6 Å². The first kappa shape index (κ1) is 17.3. The molecule has 5 nitrogen and oxygen atoms in total. The van der Waals surface area contributed by atoms with Crippen molar-refractivity contribution in [2.45, 2.75) is 33.7 Å². The summed E-state index contributed by atoms with van der Waals surface area (Å²) in [5, 5.41) is 10.3. The zero-order chi connectivity index (χ0) is 18.0. The van der Waals surface area contributed by atoms with Crippen LogP contribution in [0.5, 0.6) is 0 Å². The van der Waals surface area contributed by atoms with E-state index in [-0.39, 0.29) is 18.1 Å². The molecule has 0 spiro atoms. The highest BCUT2D eigenvalue weighted by Gasteiger charge is 2.16. The average Bonchev–Trinajstić information content (AvgIpc) is 3.12. The molecule has 25 heavy (non-hydrogen) atoms. The van der Waals surface area contributed by atoms with Gasteiger partial charge >= 0.3 is 0 Å². The molecule has 0 aliphatic heterocycles. The zero-order valence-corrected chi connectivity index (χ0v) is 15.2. The fraction of sp³-hybridized carbons (Fsp3) is 0.278. The Balaban J connectivity index is 1.72. The Morgan fingerprint density at radius 1 is 1.24 bits per heavy atom. The third-order valence-corrected chi connectivity index (χ3v) is 4.81. The summed E-state index contributed by atoms with van der Waals surface area (Å²) in [5.74, 6) is -0.363. The largest absolute Gasteiger partial charge is 0.350 e. The van der Waals surface area contributed by atoms with E-state index in [0.717, 1.165) is 33.3 Å². The van der Waals surface area contributed by atoms with Gasteiger partial charge in [-0.25, -0.2) is 14.1 Å². The number of thiazole rings is 1. The molecule has 3 aromatic rings. The lowest BCUT2D eigenvalue weighted by Crippen LogP contribution is -2.25. The van der Waals surface area contributed by atoms with Gasteiger partial charge in [-0.15, -0.1) is 11.3 Å². The van der Waals surface area contributed by atoms with Crippen LogP contribution in [0, 0.1) is 26.6 Å². The first-order valence-corrected chi connectivity index (χ1v) is 8.80. The van der Waals surface area contributed by atoms with E-state index >= 15 is 0 Å². The van der Waals surface area contributed by atoms with Gasteiger partial charge in [0.25, 0.3) is 0 Å². The van der Waals surface area contributed by atoms with Gasteiger partial charge in [0.2, 0.25) is 5.91 Å². The van der Waals surface area contributed by atoms with Gasteiger partial charge in [0, 0.05) is 16.6 Å². The van der Waals surface area contributed by atoms with E-state index in [2.05, 4.69) is 15.4 Å². The maximum atomic E-state index is 13.1. The summed E-state index contributed by atoms with van der Waals surface area (Å²) in [6, 6.07) is 6.13. The average molecular weight is 358 g/mol. The molecule has 3 rings (SSSR count). The molecule has 0 atom stereocenters. The van der Waals surface area contributed by atoms with Gasteiger partial charge in [0.15, 0.2) is 0 Å². The standard InChI is InChI=1S/C18H19FN4OS/c1-11-17(8-18(24)20-9-15-10-25-13(3)21-15)12(2)23(22-11)16-6-4-14(19)5-7-16/h4-7,10H,8-9H2,1-3H3,(H,20,24). The molecule has 0 radical (unpaired) electrons. The molecule has 0 aliphatic rings. The number of aryl methyl sites for hydroxylation is 2. The number of hydrogen-bond acceptors (Lipinski definition) is 4. The van der Waals surface area contributed by atoms with Crippen molar-refractivity contribution in [2.24, 2.45) is 0 Å². The van der Waals surface area contributed by atoms with Crippen molar-refractivity contribution in [2.75, 3.05) is 0 Å². The Labute approximate surface area is 149 Å². The Bertz CT molecular complexity index is 898. The molecule has 1 aromatic carbocycles. The van der Waals surface area contributed by atoms with E-state index in [1.165, 1.54) is 12.1 Å². The number of carbonyl (C=O) groups is 1. The molecule has 0 fully saturated rings. The van der Waals surface area contributed by atoms with Gasteiger partial charge in [-0.2, -0.15) is 5.10 Å². The van der Waals surface area contributed by atoms with E-state index in [1.54, 1.807) is 28.2 Å². The molecule has 130 valence electrons. The van der Waals surface area contributed by atoms with Gasteiger partial charge in [-0.05, 0) is 45.0 Å². The number of nitrogens with one attached hydrogen (secondary N) is 1. The van der Waals surface area contributed by atoms with E-state index < -0.39 is 0 Å². The highest BCUT2D eigenvalue weighted by atomic mass is 32.1. The Hall–Kier alpha value is -2.54. The number of amides is 1. The summed E-state index contributed by atoms with van der Waals surface area (Å²) < 4.78 is 14.8. The minimum Gasteiger partial charge on any atom is -0.350 e. The van der Waals surface area contributed by atoms with E-state index in [1.807, 2.05) is 26.2 Å². The van der Waals surface area contributed by atoms with E-state index in [0.29, 0.717) is 6.54 Å². The van der Waals surface area contributed by atoms with Crippen LogP contribution in [0.2, 0.25) is 0 Å². The smallest absolute Gasteiger partial charge is 0.224 e. The summed E-state index contributed by atoms with van der Waals surface area (Å²) in [7, 11) is 0. The molecule has 7 heteroatoms. The van der Waals surface area contributed by atoms with Gasteiger partial charge in [-0.3, -0.25) is 4.79 Å². The van der Waals surface area contributed by atoms with Crippen molar-refractivity contribution >= 4 is 17.2 Å². The minimum absolute atomic E-state index is 0.0736. The van der Waals surface area contributed by atoms with Gasteiger partial charge in [0.05, 0.1) is 35.0 Å². The predicted molar refractivity (Wildman–Crippen MR) is 95.4 cm³/mol. The molecule has 0 saturated heterocycles. The molecular weight excluding hydrogens is 339 g/mol. The lowest BCUT2D eigenvalue weighted by atomic mass is 10.1. The molecule has 0 unspecified atom stereocenters. The van der Waals surface area contributed by atoms with Gasteiger partial charge in [0.1, 0.15) is 5.82 Å². The molecular formula is C18H19FN4OS. The number of nitrogens with zero attached hydrogens (tertiary/aromatic N) is 3. The minimum atomic E-state index is -0.290. The lowest BCUT2D eigenvalue weighted by molar-refractivity contribution is -0.120. The highest BCUT2D eigenvalue weighted by Crippen LogP contribution is 2.19. The van der Waals surface area contributed by atoms with Crippen LogP contribution in [0.25, 0.3) is 5.69 Å². The first-order chi connectivity index (χ1) is 11.9. The van der Waals surface area contributed by atoms with Gasteiger partial charge in [-0.1, -0.05) is 0 Å². The van der Waals surface area contributed by atoms with Crippen LogP contribution in [0.1, 0.15) is 27.7 Å². The fourth-order valence-electron chi connectivity index (χ4n) is 2.67. The third kappa shape index (κ3) is 3.93. The maximum absolute atomic E-state index is 13.1. The van der Waals surface area contributed by atoms with E-state index in [4.69, 9.17) is 0 Å². The Morgan fingerprint density at radius 2 is 1.96 bits per heavy atom. The summed E-state index contributed by atoms with van der Waals surface area (Å²) >= 11 is 1.56. The van der Waals surface area contributed by atoms with Crippen LogP contribution in [0.4, 0.5) is 4.39 Å². The van der Waals surface area contributed by atoms with Crippen LogP contribution < -0.4 is 5.32 Å². The van der Waals surface area contributed by atoms with Crippen molar-refractivity contribution in [1.82, 2.24) is 20.1 Å². The summed E-state index contributed by atoms with van der Waals surface area (Å²) in [6.07, 6.45) is 0.252. The highest BCUT2D eigenvalue weighted by molar-refractivity contribution is 7.09. The zero-order valence-electron chi connectivity index (χ0n) is 14.3. The van der Waals surface area contributed by atoms with Crippen molar-refractivity contribution < 1.29 is 9.18 Å². The number of carbonyl (C=O) groups excluding carboxylic acids is 1. The predicted octanol–water partition coefficient (Wildman–Crippen LogP) is 3.25. The second-order valence-corrected chi connectivity index (χ2v) is 6.91. The molecule has 0 saturated carbocycles. The SMILES string of the molecule is Cc1nc(CNC(=O)Cc2c(C)nn(-c3ccc(F)cc3)c2C)cs1. The number of halogens is 1. The van der Waals surface area contributed by atoms with Crippen molar-refractivity contribution in [1.29, 1.82) is 0 Å². The maximum Gasteiger partial charge on any atom is 0.224 e. The molecule has 1 N–H and O–H groups in total. The first-order valence-electron chi connectivity index (χ1n) is 7.93. The Morgan fingerprint density at radius 3 is 2.60 bits per heavy atom. The normalized spacial score (nSPS) is 10.9. The molecule has 2 aromatic heterocycles. The number of benzene rings is 1. The summed E-state index contributed by atoms with van der Waals surface area (Å²) in [4.78, 5) is 16.6. The van der Waals surface area contributed by atoms with Crippen LogP contribution >= 0.6 is 11.3 Å². The quantitative estimate of drug-likeness (QED) is 0.762. The number of aromatic nitrogens is 3. The second-order valence-electron chi connectivity index (χ2n) is 5.85. The van der Waals surface area contributed by atoms with Crippen LogP contribution in [-0.2, 0) is 17.8 Å². The molecule has 0 bridgehead atoms. The summed E-state index contributed by atoms with van der Waals surface area (Å²) in [5.41, 5.74) is 4.19. The van der Waals surface area contributed by atoms with Crippen LogP contribution in [0.3, 0.4) is 0 Å². The summed E-state index contributed by atoms with van der Waals surface area (Å²) in [6.45, 7) is 6.15. The van der Waals surface area contributed by atoms with Crippen molar-refractivity contribution in [3.8, 4) is 5.69 Å². The molecule has 0 aliphatic carbocycles. The van der Waals surface area contributed by atoms with E-state index in [9.17, 15) is 9.18 Å². The van der Waals surface area contributed by atoms with Crippen molar-refractivity contribution in [3.05, 3.63) is 63.1 Å². The third-order valence-electron chi connectivity index (χ3n) is 3.98. The topological polar surface area (TPSA) is 59.8 Å². The number of rotatable bonds is 5. The Kier molecular flexibility index (Phi) is 4.94. The molecule has 1 amide bonds. The number of hydrogen-bond donors (Lipinski definition) is 1. The van der Waals surface area contributed by atoms with Crippen LogP contribution in [-0.4, -0.2) is 20.7 Å². The van der Waals surface area contributed by atoms with Crippen molar-refractivity contribution in [3.63, 3.8) is 0 Å². The fourth-order valence-corrected chi connectivity index (χ4v) is 3.28. The lowest BCUT2D eigenvalue weighted by Gasteiger charge is -2.06. The van der Waals surface area contributed by atoms with Gasteiger partial charge < -0.3 is 5.32 Å². The second kappa shape index (κ2) is 7.14. The molecule has 2 heterocycles. The monoisotopic (exact) mass is 358 g/mol.